The van der Waals surface area contributed by atoms with Gasteiger partial charge in [0.15, 0.2) is 5.65 Å². The summed E-state index contributed by atoms with van der Waals surface area (Å²) in [5.41, 5.74) is 7.73. The Balaban J connectivity index is 1.83. The van der Waals surface area contributed by atoms with Gasteiger partial charge in [-0.1, -0.05) is 0 Å². The molecular formula is C14H18N4O2. The van der Waals surface area contributed by atoms with E-state index in [-0.39, 0.29) is 12.1 Å². The molecule has 106 valence electrons. The van der Waals surface area contributed by atoms with Crippen LogP contribution in [0.3, 0.4) is 0 Å². The topological polar surface area (TPSA) is 75.2 Å². The van der Waals surface area contributed by atoms with Crippen molar-refractivity contribution in [1.82, 2.24) is 14.5 Å². The molecule has 4 rings (SSSR count). The summed E-state index contributed by atoms with van der Waals surface area (Å²) >= 11 is 0. The smallest absolute Gasteiger partial charge is 0.215 e. The van der Waals surface area contributed by atoms with E-state index in [0.29, 0.717) is 17.7 Å². The maximum Gasteiger partial charge on any atom is 0.215 e. The van der Waals surface area contributed by atoms with Gasteiger partial charge in [0.2, 0.25) is 11.8 Å². The monoisotopic (exact) mass is 274 g/mol. The van der Waals surface area contributed by atoms with Gasteiger partial charge in [0.05, 0.1) is 19.3 Å². The van der Waals surface area contributed by atoms with Gasteiger partial charge in [0, 0.05) is 12.7 Å². The summed E-state index contributed by atoms with van der Waals surface area (Å²) in [5, 5.41) is 0. The summed E-state index contributed by atoms with van der Waals surface area (Å²) in [6, 6.07) is 3.95. The lowest BCUT2D eigenvalue weighted by atomic mass is 10.1. The Morgan fingerprint density at radius 2 is 2.15 bits per heavy atom. The molecule has 20 heavy (non-hydrogen) atoms. The first-order valence-electron chi connectivity index (χ1n) is 7.08. The zero-order valence-corrected chi connectivity index (χ0v) is 11.5. The molecule has 1 aliphatic heterocycles. The fourth-order valence-corrected chi connectivity index (χ4v) is 3.17. The first kappa shape index (κ1) is 12.0. The van der Waals surface area contributed by atoms with E-state index in [1.54, 1.807) is 7.11 Å². The number of rotatable bonds is 3. The molecule has 2 unspecified atom stereocenters. The highest BCUT2D eigenvalue weighted by Gasteiger charge is 2.42. The number of methoxy groups -OCH3 is 1. The third-order valence-electron chi connectivity index (χ3n) is 4.27. The highest BCUT2D eigenvalue weighted by molar-refractivity contribution is 5.75. The van der Waals surface area contributed by atoms with E-state index in [1.165, 1.54) is 12.8 Å². The molecule has 2 atom stereocenters. The number of fused-ring (bicyclic) bond motifs is 1. The number of hydrogen-bond donors (Lipinski definition) is 1. The number of pyridine rings is 1. The van der Waals surface area contributed by atoms with Gasteiger partial charge in [-0.25, -0.2) is 4.98 Å². The van der Waals surface area contributed by atoms with Crippen molar-refractivity contribution >= 4 is 17.1 Å². The molecule has 0 radical (unpaired) electrons. The van der Waals surface area contributed by atoms with Crippen LogP contribution >= 0.6 is 0 Å². The van der Waals surface area contributed by atoms with E-state index in [2.05, 4.69) is 9.97 Å². The van der Waals surface area contributed by atoms with Crippen LogP contribution in [0.25, 0.3) is 11.2 Å². The summed E-state index contributed by atoms with van der Waals surface area (Å²) in [5.74, 6) is 1.77. The molecule has 2 N–H and O–H groups in total. The average Bonchev–Trinajstić information content (AvgIpc) is 3.10. The molecule has 1 saturated heterocycles. The molecule has 0 aromatic carbocycles. The lowest BCUT2D eigenvalue weighted by Crippen LogP contribution is -2.23. The van der Waals surface area contributed by atoms with Crippen LogP contribution in [0.2, 0.25) is 0 Å². The number of imidazole rings is 1. The van der Waals surface area contributed by atoms with Gasteiger partial charge in [-0.05, 0) is 31.2 Å². The zero-order chi connectivity index (χ0) is 13.7. The van der Waals surface area contributed by atoms with Gasteiger partial charge >= 0.3 is 0 Å². The van der Waals surface area contributed by atoms with E-state index in [9.17, 15) is 0 Å². The standard InChI is InChI=1S/C14H18N4O2/c1-19-11-5-4-9-13(17-11)18(14(15)16-9)10-6-7-20-12(10)8-2-3-8/h4-5,8,10,12H,2-3,6-7H2,1H3,(H2,15,16). The van der Waals surface area contributed by atoms with E-state index >= 15 is 0 Å². The number of ether oxygens (including phenoxy) is 2. The third kappa shape index (κ3) is 1.75. The van der Waals surface area contributed by atoms with Crippen molar-refractivity contribution in [1.29, 1.82) is 0 Å². The summed E-state index contributed by atoms with van der Waals surface area (Å²) < 4.78 is 13.2. The lowest BCUT2D eigenvalue weighted by molar-refractivity contribution is 0.0761. The van der Waals surface area contributed by atoms with Crippen molar-refractivity contribution in [3.8, 4) is 5.88 Å². The number of anilines is 1. The SMILES string of the molecule is COc1ccc2nc(N)n(C3CCOC3C3CC3)c2n1. The predicted molar refractivity (Wildman–Crippen MR) is 74.6 cm³/mol. The largest absolute Gasteiger partial charge is 0.481 e. The van der Waals surface area contributed by atoms with E-state index in [1.807, 2.05) is 16.7 Å². The molecule has 6 heteroatoms. The summed E-state index contributed by atoms with van der Waals surface area (Å²) in [7, 11) is 1.61. The second-order valence-electron chi connectivity index (χ2n) is 5.57. The first-order valence-corrected chi connectivity index (χ1v) is 7.08. The molecule has 3 heterocycles. The van der Waals surface area contributed by atoms with Crippen molar-refractivity contribution in [2.24, 2.45) is 5.92 Å². The highest BCUT2D eigenvalue weighted by atomic mass is 16.5. The molecule has 2 aromatic rings. The van der Waals surface area contributed by atoms with Crippen LogP contribution in [0.15, 0.2) is 12.1 Å². The van der Waals surface area contributed by atoms with Crippen LogP contribution in [-0.2, 0) is 4.74 Å². The van der Waals surface area contributed by atoms with Crippen molar-refractivity contribution in [3.05, 3.63) is 12.1 Å². The molecule has 0 bridgehead atoms. The maximum absolute atomic E-state index is 6.12. The van der Waals surface area contributed by atoms with Gasteiger partial charge < -0.3 is 15.2 Å². The van der Waals surface area contributed by atoms with Gasteiger partial charge in [0.1, 0.15) is 5.52 Å². The molecule has 2 aromatic heterocycles. The van der Waals surface area contributed by atoms with Gasteiger partial charge in [-0.2, -0.15) is 4.98 Å². The van der Waals surface area contributed by atoms with Crippen molar-refractivity contribution in [3.63, 3.8) is 0 Å². The third-order valence-corrected chi connectivity index (χ3v) is 4.27. The van der Waals surface area contributed by atoms with Gasteiger partial charge in [-0.3, -0.25) is 4.57 Å². The van der Waals surface area contributed by atoms with Crippen LogP contribution in [0, 0.1) is 5.92 Å². The first-order chi connectivity index (χ1) is 9.78. The minimum Gasteiger partial charge on any atom is -0.481 e. The molecule has 0 amide bonds. The Bertz CT molecular complexity index is 650. The van der Waals surface area contributed by atoms with E-state index in [0.717, 1.165) is 24.2 Å². The number of aromatic nitrogens is 3. The Morgan fingerprint density at radius 3 is 2.90 bits per heavy atom. The molecule has 1 aliphatic carbocycles. The van der Waals surface area contributed by atoms with Crippen LogP contribution in [-0.4, -0.2) is 34.4 Å². The molecule has 6 nitrogen and oxygen atoms in total. The van der Waals surface area contributed by atoms with Crippen LogP contribution in [0.4, 0.5) is 5.95 Å². The van der Waals surface area contributed by atoms with Crippen LogP contribution in [0.1, 0.15) is 25.3 Å². The zero-order valence-electron chi connectivity index (χ0n) is 11.5. The summed E-state index contributed by atoms with van der Waals surface area (Å²) in [4.78, 5) is 8.93. The number of nitrogens with zero attached hydrogens (tertiary/aromatic N) is 3. The van der Waals surface area contributed by atoms with Crippen molar-refractivity contribution in [2.75, 3.05) is 19.5 Å². The molecular weight excluding hydrogens is 256 g/mol. The van der Waals surface area contributed by atoms with E-state index < -0.39 is 0 Å². The number of nitrogen functional groups attached to an aromatic ring is 1. The van der Waals surface area contributed by atoms with E-state index in [4.69, 9.17) is 15.2 Å². The van der Waals surface area contributed by atoms with Crippen LogP contribution in [0.5, 0.6) is 5.88 Å². The minimum absolute atomic E-state index is 0.243. The Labute approximate surface area is 116 Å². The maximum atomic E-state index is 6.12. The lowest BCUT2D eigenvalue weighted by Gasteiger charge is -2.20. The van der Waals surface area contributed by atoms with Crippen LogP contribution < -0.4 is 10.5 Å². The molecule has 1 saturated carbocycles. The highest BCUT2D eigenvalue weighted by Crippen LogP contribution is 2.44. The minimum atomic E-state index is 0.243. The van der Waals surface area contributed by atoms with Crippen molar-refractivity contribution < 1.29 is 9.47 Å². The Kier molecular flexibility index (Phi) is 2.60. The predicted octanol–water partition coefficient (Wildman–Crippen LogP) is 1.76. The second-order valence-corrected chi connectivity index (χ2v) is 5.57. The molecule has 2 fully saturated rings. The fourth-order valence-electron chi connectivity index (χ4n) is 3.17. The molecule has 2 aliphatic rings. The second kappa shape index (κ2) is 4.34. The number of hydrogen-bond acceptors (Lipinski definition) is 5. The fraction of sp³-hybridized carbons (Fsp3) is 0.571. The Morgan fingerprint density at radius 1 is 1.30 bits per heavy atom. The summed E-state index contributed by atoms with van der Waals surface area (Å²) in [6.07, 6.45) is 3.73. The molecule has 0 spiro atoms. The number of nitrogens with two attached hydrogens (primary N) is 1. The normalized spacial score (nSPS) is 26.2. The van der Waals surface area contributed by atoms with Gasteiger partial charge in [-0.15, -0.1) is 0 Å². The quantitative estimate of drug-likeness (QED) is 0.923. The Hall–Kier alpha value is -1.82. The van der Waals surface area contributed by atoms with Crippen molar-refractivity contribution in [2.45, 2.75) is 31.4 Å². The average molecular weight is 274 g/mol. The van der Waals surface area contributed by atoms with Gasteiger partial charge in [0.25, 0.3) is 0 Å². The summed E-state index contributed by atoms with van der Waals surface area (Å²) in [6.45, 7) is 0.787.